The van der Waals surface area contributed by atoms with Crippen molar-refractivity contribution in [2.45, 2.75) is 32.4 Å². The lowest BCUT2D eigenvalue weighted by Crippen LogP contribution is -2.46. The number of hydrazine groups is 1. The van der Waals surface area contributed by atoms with Gasteiger partial charge in [-0.2, -0.15) is 0 Å². The Kier molecular flexibility index (Phi) is 3.23. The molecule has 0 aromatic rings. The summed E-state index contributed by atoms with van der Waals surface area (Å²) >= 11 is 0. The Labute approximate surface area is 84.0 Å². The van der Waals surface area contributed by atoms with Crippen molar-refractivity contribution in [3.63, 3.8) is 0 Å². The molecule has 5 heteroatoms. The van der Waals surface area contributed by atoms with Crippen molar-refractivity contribution >= 4 is 11.8 Å². The van der Waals surface area contributed by atoms with Crippen LogP contribution in [0.3, 0.4) is 0 Å². The lowest BCUT2D eigenvalue weighted by molar-refractivity contribution is -0.141. The topological polar surface area (TPSA) is 52.7 Å². The number of likely N-dealkylation sites (tertiary alicyclic amines) is 1. The number of rotatable bonds is 3. The number of imide groups is 1. The van der Waals surface area contributed by atoms with Gasteiger partial charge in [0.2, 0.25) is 11.8 Å². The van der Waals surface area contributed by atoms with Crippen LogP contribution in [-0.2, 0) is 9.59 Å². The molecule has 0 spiro atoms. The molecule has 1 aliphatic rings. The van der Waals surface area contributed by atoms with Gasteiger partial charge in [-0.05, 0) is 13.8 Å². The number of hydrogen-bond donors (Lipinski definition) is 1. The number of nitrogens with one attached hydrogen (secondary N) is 1. The first-order valence-corrected chi connectivity index (χ1v) is 4.73. The minimum Gasteiger partial charge on any atom is -0.279 e. The Morgan fingerprint density at radius 3 is 2.36 bits per heavy atom. The predicted octanol–water partition coefficient (Wildman–Crippen LogP) is -0.411. The van der Waals surface area contributed by atoms with Gasteiger partial charge in [-0.3, -0.25) is 14.5 Å². The normalized spacial score (nSPS) is 23.0. The summed E-state index contributed by atoms with van der Waals surface area (Å²) in [6, 6.07) is -0.441. The SMILES string of the molecule is CC(C)N1C(=O)CC(NN(C)C)C1=O. The highest BCUT2D eigenvalue weighted by Gasteiger charge is 2.39. The quantitative estimate of drug-likeness (QED) is 0.496. The second kappa shape index (κ2) is 4.06. The van der Waals surface area contributed by atoms with Gasteiger partial charge in [0.1, 0.15) is 6.04 Å². The summed E-state index contributed by atoms with van der Waals surface area (Å²) in [5.74, 6) is -0.219. The van der Waals surface area contributed by atoms with Gasteiger partial charge in [0, 0.05) is 20.1 Å². The highest BCUT2D eigenvalue weighted by atomic mass is 16.2. The van der Waals surface area contributed by atoms with Crippen molar-refractivity contribution in [2.24, 2.45) is 0 Å². The van der Waals surface area contributed by atoms with Crippen LogP contribution in [0, 0.1) is 0 Å². The van der Waals surface area contributed by atoms with E-state index in [0.29, 0.717) is 0 Å². The molecular formula is C9H17N3O2. The average Bonchev–Trinajstić information content (AvgIpc) is 2.25. The summed E-state index contributed by atoms with van der Waals surface area (Å²) in [6.45, 7) is 3.68. The van der Waals surface area contributed by atoms with Crippen LogP contribution < -0.4 is 5.43 Å². The van der Waals surface area contributed by atoms with Crippen LogP contribution >= 0.6 is 0 Å². The number of carbonyl (C=O) groups excluding carboxylic acids is 2. The maximum absolute atomic E-state index is 11.7. The van der Waals surface area contributed by atoms with Crippen molar-refractivity contribution in [3.8, 4) is 0 Å². The molecule has 0 bridgehead atoms. The van der Waals surface area contributed by atoms with Gasteiger partial charge in [0.25, 0.3) is 0 Å². The van der Waals surface area contributed by atoms with E-state index >= 15 is 0 Å². The van der Waals surface area contributed by atoms with E-state index in [1.807, 2.05) is 13.8 Å². The van der Waals surface area contributed by atoms with Crippen LogP contribution in [0.15, 0.2) is 0 Å². The molecule has 0 aromatic carbocycles. The molecule has 1 atom stereocenters. The molecular weight excluding hydrogens is 182 g/mol. The largest absolute Gasteiger partial charge is 0.279 e. The van der Waals surface area contributed by atoms with Gasteiger partial charge >= 0.3 is 0 Å². The first-order valence-electron chi connectivity index (χ1n) is 4.73. The Balaban J connectivity index is 2.69. The minimum absolute atomic E-state index is 0.0519. The van der Waals surface area contributed by atoms with Crippen LogP contribution in [-0.4, -0.2) is 47.9 Å². The van der Waals surface area contributed by atoms with E-state index in [1.165, 1.54) is 4.90 Å². The summed E-state index contributed by atoms with van der Waals surface area (Å²) < 4.78 is 0. The predicted molar refractivity (Wildman–Crippen MR) is 52.2 cm³/mol. The molecule has 14 heavy (non-hydrogen) atoms. The van der Waals surface area contributed by atoms with Gasteiger partial charge < -0.3 is 0 Å². The zero-order valence-corrected chi connectivity index (χ0v) is 9.07. The highest BCUT2D eigenvalue weighted by molar-refractivity contribution is 6.05. The molecule has 0 aromatic heterocycles. The molecule has 1 rings (SSSR count). The lowest BCUT2D eigenvalue weighted by atomic mass is 10.2. The maximum Gasteiger partial charge on any atom is 0.248 e. The zero-order valence-electron chi connectivity index (χ0n) is 9.07. The summed E-state index contributed by atoms with van der Waals surface area (Å²) in [7, 11) is 3.60. The fourth-order valence-corrected chi connectivity index (χ4v) is 1.61. The molecule has 1 unspecified atom stereocenters. The Morgan fingerprint density at radius 1 is 1.43 bits per heavy atom. The summed E-state index contributed by atoms with van der Waals surface area (Å²) in [6.07, 6.45) is 0.259. The van der Waals surface area contributed by atoms with Crippen LogP contribution in [0.4, 0.5) is 0 Å². The Bertz CT molecular complexity index is 250. The van der Waals surface area contributed by atoms with Gasteiger partial charge in [0.05, 0.1) is 6.42 Å². The fraction of sp³-hybridized carbons (Fsp3) is 0.778. The molecule has 0 saturated carbocycles. The summed E-state index contributed by atoms with van der Waals surface area (Å²) in [5.41, 5.74) is 2.93. The van der Waals surface area contributed by atoms with E-state index in [-0.39, 0.29) is 30.3 Å². The van der Waals surface area contributed by atoms with Crippen molar-refractivity contribution < 1.29 is 9.59 Å². The molecule has 1 fully saturated rings. The van der Waals surface area contributed by atoms with Crippen molar-refractivity contribution in [2.75, 3.05) is 14.1 Å². The number of nitrogens with zero attached hydrogens (tertiary/aromatic N) is 2. The number of amides is 2. The fourth-order valence-electron chi connectivity index (χ4n) is 1.61. The Morgan fingerprint density at radius 2 is 2.00 bits per heavy atom. The van der Waals surface area contributed by atoms with Gasteiger partial charge in [-0.25, -0.2) is 10.4 Å². The smallest absolute Gasteiger partial charge is 0.248 e. The molecule has 1 heterocycles. The van der Waals surface area contributed by atoms with Crippen molar-refractivity contribution in [1.82, 2.24) is 15.3 Å². The van der Waals surface area contributed by atoms with Gasteiger partial charge in [-0.1, -0.05) is 0 Å². The average molecular weight is 199 g/mol. The third-order valence-electron chi connectivity index (χ3n) is 2.11. The van der Waals surface area contributed by atoms with E-state index in [0.717, 1.165) is 0 Å². The third-order valence-corrected chi connectivity index (χ3v) is 2.11. The monoisotopic (exact) mass is 199 g/mol. The van der Waals surface area contributed by atoms with Crippen LogP contribution in [0.5, 0.6) is 0 Å². The first kappa shape index (κ1) is 11.1. The third kappa shape index (κ3) is 2.10. The molecule has 0 radical (unpaired) electrons. The van der Waals surface area contributed by atoms with Gasteiger partial charge in [-0.15, -0.1) is 0 Å². The van der Waals surface area contributed by atoms with E-state index in [4.69, 9.17) is 0 Å². The van der Waals surface area contributed by atoms with Crippen LogP contribution in [0.25, 0.3) is 0 Å². The molecule has 0 aliphatic carbocycles. The van der Waals surface area contributed by atoms with E-state index in [1.54, 1.807) is 19.1 Å². The van der Waals surface area contributed by atoms with Crippen molar-refractivity contribution in [3.05, 3.63) is 0 Å². The first-order chi connectivity index (χ1) is 6.43. The number of hydrogen-bond acceptors (Lipinski definition) is 4. The zero-order chi connectivity index (χ0) is 10.9. The van der Waals surface area contributed by atoms with Crippen LogP contribution in [0.2, 0.25) is 0 Å². The Hall–Kier alpha value is -0.940. The van der Waals surface area contributed by atoms with E-state index in [2.05, 4.69) is 5.43 Å². The second-order valence-corrected chi connectivity index (χ2v) is 3.98. The van der Waals surface area contributed by atoms with Gasteiger partial charge in [0.15, 0.2) is 0 Å². The molecule has 1 aliphatic heterocycles. The molecule has 1 saturated heterocycles. The molecule has 1 N–H and O–H groups in total. The number of carbonyl (C=O) groups is 2. The standard InChI is InChI=1S/C9H17N3O2/c1-6(2)12-8(13)5-7(9(12)14)10-11(3)4/h6-7,10H,5H2,1-4H3. The lowest BCUT2D eigenvalue weighted by Gasteiger charge is -2.20. The van der Waals surface area contributed by atoms with E-state index < -0.39 is 0 Å². The van der Waals surface area contributed by atoms with E-state index in [9.17, 15) is 9.59 Å². The summed E-state index contributed by atoms with van der Waals surface area (Å²) in [5, 5.41) is 1.69. The molecule has 2 amide bonds. The second-order valence-electron chi connectivity index (χ2n) is 3.98. The van der Waals surface area contributed by atoms with Crippen molar-refractivity contribution in [1.29, 1.82) is 0 Å². The maximum atomic E-state index is 11.7. The molecule has 5 nitrogen and oxygen atoms in total. The summed E-state index contributed by atoms with van der Waals surface area (Å²) in [4.78, 5) is 24.5. The molecule has 80 valence electrons. The minimum atomic E-state index is -0.389. The van der Waals surface area contributed by atoms with Crippen LogP contribution in [0.1, 0.15) is 20.3 Å². The highest BCUT2D eigenvalue weighted by Crippen LogP contribution is 2.15.